The molecule has 0 aliphatic rings. The molecule has 0 saturated heterocycles. The Bertz CT molecular complexity index is 373. The Kier molecular flexibility index (Phi) is 1.93. The van der Waals surface area contributed by atoms with E-state index >= 15 is 0 Å². The largest absolute Gasteiger partial charge is 0.463 e. The molecule has 2 rings (SSSR count). The standard InChI is InChI=1S/C10H11NO2/c1-7(2)10-11-8(6-13-10)9-4-3-5-12-9/h3-7H,1-2H3. The van der Waals surface area contributed by atoms with Crippen LogP contribution < -0.4 is 0 Å². The quantitative estimate of drug-likeness (QED) is 0.707. The number of aromatic nitrogens is 1. The average molecular weight is 177 g/mol. The Balaban J connectivity index is 2.33. The monoisotopic (exact) mass is 177 g/mol. The zero-order valence-corrected chi connectivity index (χ0v) is 7.65. The third kappa shape index (κ3) is 1.49. The van der Waals surface area contributed by atoms with Crippen molar-refractivity contribution >= 4 is 0 Å². The van der Waals surface area contributed by atoms with Gasteiger partial charge < -0.3 is 8.83 Å². The van der Waals surface area contributed by atoms with Crippen molar-refractivity contribution < 1.29 is 8.83 Å². The van der Waals surface area contributed by atoms with Crippen molar-refractivity contribution in [3.8, 4) is 11.5 Å². The van der Waals surface area contributed by atoms with Gasteiger partial charge in [0.1, 0.15) is 12.0 Å². The summed E-state index contributed by atoms with van der Waals surface area (Å²) in [5.74, 6) is 1.80. The first kappa shape index (κ1) is 8.10. The zero-order valence-electron chi connectivity index (χ0n) is 7.65. The second-order valence-corrected chi connectivity index (χ2v) is 3.20. The van der Waals surface area contributed by atoms with Gasteiger partial charge in [-0.25, -0.2) is 4.98 Å². The fraction of sp³-hybridized carbons (Fsp3) is 0.300. The minimum absolute atomic E-state index is 0.309. The normalized spacial score (nSPS) is 11.0. The first-order chi connectivity index (χ1) is 6.27. The topological polar surface area (TPSA) is 39.2 Å². The molecule has 13 heavy (non-hydrogen) atoms. The summed E-state index contributed by atoms with van der Waals surface area (Å²) >= 11 is 0. The molecule has 0 fully saturated rings. The van der Waals surface area contributed by atoms with Crippen molar-refractivity contribution in [3.63, 3.8) is 0 Å². The van der Waals surface area contributed by atoms with Gasteiger partial charge in [-0.2, -0.15) is 0 Å². The predicted octanol–water partition coefficient (Wildman–Crippen LogP) is 3.06. The van der Waals surface area contributed by atoms with E-state index in [0.717, 1.165) is 17.3 Å². The Labute approximate surface area is 76.4 Å². The molecule has 0 bridgehead atoms. The fourth-order valence-corrected chi connectivity index (χ4v) is 1.09. The smallest absolute Gasteiger partial charge is 0.197 e. The van der Waals surface area contributed by atoms with Crippen LogP contribution in [-0.2, 0) is 0 Å². The Morgan fingerprint density at radius 2 is 2.15 bits per heavy atom. The molecule has 0 saturated carbocycles. The number of oxazole rings is 1. The van der Waals surface area contributed by atoms with Gasteiger partial charge in [-0.1, -0.05) is 13.8 Å². The highest BCUT2D eigenvalue weighted by Crippen LogP contribution is 2.21. The molecule has 0 unspecified atom stereocenters. The third-order valence-electron chi connectivity index (χ3n) is 1.79. The minimum Gasteiger partial charge on any atom is -0.463 e. The van der Waals surface area contributed by atoms with Gasteiger partial charge in [-0.05, 0) is 12.1 Å². The van der Waals surface area contributed by atoms with E-state index in [1.54, 1.807) is 12.5 Å². The Morgan fingerprint density at radius 3 is 2.69 bits per heavy atom. The van der Waals surface area contributed by atoms with Gasteiger partial charge in [0.25, 0.3) is 0 Å². The lowest BCUT2D eigenvalue weighted by atomic mass is 10.2. The maximum Gasteiger partial charge on any atom is 0.197 e. The third-order valence-corrected chi connectivity index (χ3v) is 1.79. The molecule has 68 valence electrons. The van der Waals surface area contributed by atoms with Crippen LogP contribution in [0.2, 0.25) is 0 Å². The highest BCUT2D eigenvalue weighted by atomic mass is 16.4. The van der Waals surface area contributed by atoms with Crippen LogP contribution in [0.3, 0.4) is 0 Å². The molecular weight excluding hydrogens is 166 g/mol. The minimum atomic E-state index is 0.309. The van der Waals surface area contributed by atoms with Gasteiger partial charge >= 0.3 is 0 Å². The van der Waals surface area contributed by atoms with Crippen molar-refractivity contribution in [2.75, 3.05) is 0 Å². The van der Waals surface area contributed by atoms with Gasteiger partial charge in [-0.15, -0.1) is 0 Å². The van der Waals surface area contributed by atoms with Crippen molar-refractivity contribution in [2.24, 2.45) is 0 Å². The lowest BCUT2D eigenvalue weighted by molar-refractivity contribution is 0.471. The Hall–Kier alpha value is -1.51. The van der Waals surface area contributed by atoms with Crippen LogP contribution in [0, 0.1) is 0 Å². The van der Waals surface area contributed by atoms with E-state index in [9.17, 15) is 0 Å². The summed E-state index contributed by atoms with van der Waals surface area (Å²) in [4.78, 5) is 4.29. The van der Waals surface area contributed by atoms with Crippen LogP contribution in [-0.4, -0.2) is 4.98 Å². The fourth-order valence-electron chi connectivity index (χ4n) is 1.09. The molecule has 0 radical (unpaired) electrons. The van der Waals surface area contributed by atoms with Crippen LogP contribution >= 0.6 is 0 Å². The van der Waals surface area contributed by atoms with Gasteiger partial charge in [0.2, 0.25) is 0 Å². The second-order valence-electron chi connectivity index (χ2n) is 3.20. The van der Waals surface area contributed by atoms with Crippen molar-refractivity contribution in [2.45, 2.75) is 19.8 Å². The summed E-state index contributed by atoms with van der Waals surface area (Å²) in [5, 5.41) is 0. The van der Waals surface area contributed by atoms with Crippen LogP contribution in [0.5, 0.6) is 0 Å². The summed E-state index contributed by atoms with van der Waals surface area (Å²) in [7, 11) is 0. The van der Waals surface area contributed by atoms with Gasteiger partial charge in [-0.3, -0.25) is 0 Å². The van der Waals surface area contributed by atoms with Crippen LogP contribution in [0.25, 0.3) is 11.5 Å². The molecular formula is C10H11NO2. The van der Waals surface area contributed by atoms with E-state index in [2.05, 4.69) is 4.98 Å². The molecule has 0 spiro atoms. The Morgan fingerprint density at radius 1 is 1.31 bits per heavy atom. The lowest BCUT2D eigenvalue weighted by Crippen LogP contribution is -1.85. The zero-order chi connectivity index (χ0) is 9.26. The summed E-state index contributed by atoms with van der Waals surface area (Å²) in [6.07, 6.45) is 3.24. The van der Waals surface area contributed by atoms with Crippen molar-refractivity contribution in [1.29, 1.82) is 0 Å². The molecule has 0 amide bonds. The predicted molar refractivity (Wildman–Crippen MR) is 48.3 cm³/mol. The molecule has 2 aromatic heterocycles. The maximum atomic E-state index is 5.28. The molecule has 0 N–H and O–H groups in total. The molecule has 3 heteroatoms. The van der Waals surface area contributed by atoms with Gasteiger partial charge in [0.15, 0.2) is 11.7 Å². The van der Waals surface area contributed by atoms with Crippen LogP contribution in [0.4, 0.5) is 0 Å². The highest BCUT2D eigenvalue weighted by molar-refractivity contribution is 5.49. The maximum absolute atomic E-state index is 5.28. The number of nitrogens with zero attached hydrogens (tertiary/aromatic N) is 1. The van der Waals surface area contributed by atoms with Gasteiger partial charge in [0.05, 0.1) is 6.26 Å². The first-order valence-corrected chi connectivity index (χ1v) is 4.26. The SMILES string of the molecule is CC(C)c1nc(-c2ccco2)co1. The number of hydrogen-bond acceptors (Lipinski definition) is 3. The molecule has 0 aromatic carbocycles. The van der Waals surface area contributed by atoms with E-state index in [-0.39, 0.29) is 0 Å². The molecule has 3 nitrogen and oxygen atoms in total. The first-order valence-electron chi connectivity index (χ1n) is 4.26. The summed E-state index contributed by atoms with van der Waals surface area (Å²) < 4.78 is 10.5. The number of furan rings is 1. The molecule has 2 heterocycles. The van der Waals surface area contributed by atoms with Crippen molar-refractivity contribution in [1.82, 2.24) is 4.98 Å². The molecule has 0 aliphatic carbocycles. The average Bonchev–Trinajstić information content (AvgIpc) is 2.75. The number of hydrogen-bond donors (Lipinski definition) is 0. The molecule has 0 atom stereocenters. The molecule has 2 aromatic rings. The van der Waals surface area contributed by atoms with E-state index in [0.29, 0.717) is 5.92 Å². The van der Waals surface area contributed by atoms with E-state index in [1.807, 2.05) is 26.0 Å². The summed E-state index contributed by atoms with van der Waals surface area (Å²) in [5.41, 5.74) is 0.758. The van der Waals surface area contributed by atoms with E-state index in [1.165, 1.54) is 0 Å². The van der Waals surface area contributed by atoms with E-state index < -0.39 is 0 Å². The lowest BCUT2D eigenvalue weighted by Gasteiger charge is -1.93. The van der Waals surface area contributed by atoms with Gasteiger partial charge in [0, 0.05) is 5.92 Å². The van der Waals surface area contributed by atoms with Crippen LogP contribution in [0.1, 0.15) is 25.7 Å². The van der Waals surface area contributed by atoms with E-state index in [4.69, 9.17) is 8.83 Å². The van der Waals surface area contributed by atoms with Crippen LogP contribution in [0.15, 0.2) is 33.5 Å². The summed E-state index contributed by atoms with van der Waals surface area (Å²) in [6, 6.07) is 3.70. The highest BCUT2D eigenvalue weighted by Gasteiger charge is 2.10. The van der Waals surface area contributed by atoms with Crippen molar-refractivity contribution in [3.05, 3.63) is 30.5 Å². The number of rotatable bonds is 2. The summed E-state index contributed by atoms with van der Waals surface area (Å²) in [6.45, 7) is 4.08. The second kappa shape index (κ2) is 3.09. The molecule has 0 aliphatic heterocycles.